The zero-order valence-electron chi connectivity index (χ0n) is 9.59. The van der Waals surface area contributed by atoms with E-state index >= 15 is 0 Å². The first kappa shape index (κ1) is 14.5. The minimum atomic E-state index is -3.73. The van der Waals surface area contributed by atoms with Crippen molar-refractivity contribution in [2.75, 3.05) is 13.6 Å². The minimum absolute atomic E-state index is 0.00198. The largest absolute Gasteiger partial charge is 0.244 e. The van der Waals surface area contributed by atoms with Crippen LogP contribution >= 0.6 is 11.6 Å². The van der Waals surface area contributed by atoms with Gasteiger partial charge in [0.2, 0.25) is 10.0 Å². The van der Waals surface area contributed by atoms with Gasteiger partial charge in [-0.05, 0) is 18.2 Å². The predicted molar refractivity (Wildman–Crippen MR) is 66.2 cm³/mol. The lowest BCUT2D eigenvalue weighted by molar-refractivity contribution is 0.476. The summed E-state index contributed by atoms with van der Waals surface area (Å²) < 4.78 is 25.3. The fourth-order valence-corrected chi connectivity index (χ4v) is 2.96. The highest BCUT2D eigenvalue weighted by Crippen LogP contribution is 2.25. The fourth-order valence-electron chi connectivity index (χ4n) is 1.28. The Morgan fingerprint density at radius 2 is 2.06 bits per heavy atom. The van der Waals surface area contributed by atoms with Crippen molar-refractivity contribution in [3.63, 3.8) is 0 Å². The van der Waals surface area contributed by atoms with Crippen molar-refractivity contribution in [3.05, 3.63) is 28.8 Å². The quantitative estimate of drug-likeness (QED) is 0.842. The van der Waals surface area contributed by atoms with Crippen LogP contribution in [0.5, 0.6) is 0 Å². The van der Waals surface area contributed by atoms with Crippen molar-refractivity contribution in [3.8, 4) is 12.1 Å². The van der Waals surface area contributed by atoms with Crippen LogP contribution in [0.2, 0.25) is 5.02 Å². The average molecular weight is 284 g/mol. The zero-order chi connectivity index (χ0) is 13.8. The van der Waals surface area contributed by atoms with E-state index in [1.807, 2.05) is 12.1 Å². The van der Waals surface area contributed by atoms with E-state index in [9.17, 15) is 8.42 Å². The molecule has 1 aromatic carbocycles. The molecule has 0 bridgehead atoms. The summed E-state index contributed by atoms with van der Waals surface area (Å²) in [6.07, 6.45) is 0.101. The summed E-state index contributed by atoms with van der Waals surface area (Å²) in [5.74, 6) is 0. The summed E-state index contributed by atoms with van der Waals surface area (Å²) in [6.45, 7) is 0.0924. The first-order chi connectivity index (χ1) is 8.43. The lowest BCUT2D eigenvalue weighted by atomic mass is 10.2. The number of nitrogens with zero attached hydrogens (tertiary/aromatic N) is 3. The summed E-state index contributed by atoms with van der Waals surface area (Å²) in [5, 5.41) is 17.1. The van der Waals surface area contributed by atoms with Gasteiger partial charge in [-0.25, -0.2) is 8.42 Å². The number of halogens is 1. The Bertz CT molecular complexity index is 629. The molecule has 1 aromatic rings. The normalized spacial score (nSPS) is 10.9. The van der Waals surface area contributed by atoms with Crippen molar-refractivity contribution in [2.24, 2.45) is 0 Å². The lowest BCUT2D eigenvalue weighted by Crippen LogP contribution is -2.28. The van der Waals surface area contributed by atoms with Gasteiger partial charge in [0.25, 0.3) is 0 Å². The molecular weight excluding hydrogens is 274 g/mol. The van der Waals surface area contributed by atoms with E-state index in [4.69, 9.17) is 22.1 Å². The van der Waals surface area contributed by atoms with Crippen LogP contribution < -0.4 is 0 Å². The van der Waals surface area contributed by atoms with Gasteiger partial charge in [-0.1, -0.05) is 11.6 Å². The van der Waals surface area contributed by atoms with Crippen LogP contribution in [0.15, 0.2) is 23.1 Å². The molecule has 0 fully saturated rings. The second-order valence-corrected chi connectivity index (χ2v) is 5.91. The molecule has 18 heavy (non-hydrogen) atoms. The van der Waals surface area contributed by atoms with Crippen LogP contribution in [-0.4, -0.2) is 26.3 Å². The van der Waals surface area contributed by atoms with Gasteiger partial charge in [0, 0.05) is 20.0 Å². The van der Waals surface area contributed by atoms with Crippen molar-refractivity contribution < 1.29 is 8.42 Å². The van der Waals surface area contributed by atoms with E-state index in [2.05, 4.69) is 0 Å². The number of nitriles is 2. The Morgan fingerprint density at radius 1 is 1.39 bits per heavy atom. The Labute approximate surface area is 111 Å². The number of hydrogen-bond acceptors (Lipinski definition) is 4. The summed E-state index contributed by atoms with van der Waals surface area (Å²) in [5.41, 5.74) is 0.290. The minimum Gasteiger partial charge on any atom is -0.207 e. The maximum atomic E-state index is 12.1. The van der Waals surface area contributed by atoms with E-state index in [0.29, 0.717) is 5.56 Å². The van der Waals surface area contributed by atoms with E-state index < -0.39 is 10.0 Å². The van der Waals surface area contributed by atoms with Crippen molar-refractivity contribution in [1.82, 2.24) is 4.31 Å². The highest BCUT2D eigenvalue weighted by Gasteiger charge is 2.23. The standard InChI is InChI=1S/C11H10ClN3O2S/c1-15(6-2-5-13)18(16,17)11-4-3-9(8-14)7-10(11)12/h3-4,7H,2,6H2,1H3. The Morgan fingerprint density at radius 3 is 2.56 bits per heavy atom. The van der Waals surface area contributed by atoms with Gasteiger partial charge in [-0.2, -0.15) is 14.8 Å². The number of hydrogen-bond donors (Lipinski definition) is 0. The predicted octanol–water partition coefficient (Wildman–Crippen LogP) is 1.75. The molecule has 5 nitrogen and oxygen atoms in total. The molecule has 0 heterocycles. The highest BCUT2D eigenvalue weighted by molar-refractivity contribution is 7.89. The molecule has 0 radical (unpaired) electrons. The van der Waals surface area contributed by atoms with Gasteiger partial charge in [-0.15, -0.1) is 0 Å². The van der Waals surface area contributed by atoms with Gasteiger partial charge >= 0.3 is 0 Å². The summed E-state index contributed by atoms with van der Waals surface area (Å²) in [7, 11) is -2.35. The molecule has 0 amide bonds. The molecule has 0 N–H and O–H groups in total. The summed E-state index contributed by atoms with van der Waals surface area (Å²) in [4.78, 5) is -0.0661. The second-order valence-electron chi connectivity index (χ2n) is 3.49. The molecule has 0 aromatic heterocycles. The van der Waals surface area contributed by atoms with Crippen molar-refractivity contribution in [1.29, 1.82) is 10.5 Å². The van der Waals surface area contributed by atoms with E-state index in [-0.39, 0.29) is 22.9 Å². The zero-order valence-corrected chi connectivity index (χ0v) is 11.2. The van der Waals surface area contributed by atoms with E-state index in [1.165, 1.54) is 25.2 Å². The molecule has 94 valence electrons. The Hall–Kier alpha value is -1.60. The van der Waals surface area contributed by atoms with Crippen molar-refractivity contribution >= 4 is 21.6 Å². The van der Waals surface area contributed by atoms with E-state index in [0.717, 1.165) is 4.31 Å². The molecule has 0 aliphatic rings. The van der Waals surface area contributed by atoms with Crippen LogP contribution in [0.25, 0.3) is 0 Å². The molecule has 0 atom stereocenters. The molecule has 0 saturated heterocycles. The average Bonchev–Trinajstić information content (AvgIpc) is 2.35. The maximum Gasteiger partial charge on any atom is 0.244 e. The van der Waals surface area contributed by atoms with Gasteiger partial charge in [-0.3, -0.25) is 0 Å². The molecule has 7 heteroatoms. The van der Waals surface area contributed by atoms with Gasteiger partial charge in [0.1, 0.15) is 4.90 Å². The van der Waals surface area contributed by atoms with Crippen LogP contribution in [-0.2, 0) is 10.0 Å². The Balaban J connectivity index is 3.14. The second kappa shape index (κ2) is 5.83. The molecule has 1 rings (SSSR count). The highest BCUT2D eigenvalue weighted by atomic mass is 35.5. The van der Waals surface area contributed by atoms with Crippen molar-refractivity contribution in [2.45, 2.75) is 11.3 Å². The van der Waals surface area contributed by atoms with Crippen LogP contribution in [0.1, 0.15) is 12.0 Å². The van der Waals surface area contributed by atoms with Gasteiger partial charge < -0.3 is 0 Å². The van der Waals surface area contributed by atoms with Crippen LogP contribution in [0.3, 0.4) is 0 Å². The topological polar surface area (TPSA) is 85.0 Å². The monoisotopic (exact) mass is 283 g/mol. The smallest absolute Gasteiger partial charge is 0.207 e. The maximum absolute atomic E-state index is 12.1. The molecule has 0 unspecified atom stereocenters. The molecule has 0 spiro atoms. The first-order valence-electron chi connectivity index (χ1n) is 4.96. The van der Waals surface area contributed by atoms with Crippen LogP contribution in [0.4, 0.5) is 0 Å². The van der Waals surface area contributed by atoms with E-state index in [1.54, 1.807) is 0 Å². The van der Waals surface area contributed by atoms with Gasteiger partial charge in [0.05, 0.1) is 22.7 Å². The SMILES string of the molecule is CN(CCC#N)S(=O)(=O)c1ccc(C#N)cc1Cl. The molecule has 0 aliphatic heterocycles. The lowest BCUT2D eigenvalue weighted by Gasteiger charge is -2.16. The van der Waals surface area contributed by atoms with Crippen LogP contribution in [0, 0.1) is 22.7 Å². The fraction of sp³-hybridized carbons (Fsp3) is 0.273. The number of rotatable bonds is 4. The molecule has 0 saturated carbocycles. The Kier molecular flexibility index (Phi) is 4.69. The summed E-state index contributed by atoms with van der Waals surface area (Å²) in [6, 6.07) is 7.72. The number of benzene rings is 1. The molecular formula is C11H10ClN3O2S. The summed E-state index contributed by atoms with van der Waals surface area (Å²) >= 11 is 5.85. The number of sulfonamides is 1. The third-order valence-corrected chi connectivity index (χ3v) is 4.63. The first-order valence-corrected chi connectivity index (χ1v) is 6.78. The molecule has 0 aliphatic carbocycles. The van der Waals surface area contributed by atoms with Gasteiger partial charge in [0.15, 0.2) is 0 Å². The third-order valence-electron chi connectivity index (χ3n) is 2.29. The third kappa shape index (κ3) is 2.99.